The molecule has 0 saturated heterocycles. The number of methoxy groups -OCH3 is 4. The van der Waals surface area contributed by atoms with Crippen LogP contribution in [0.4, 0.5) is 0 Å². The van der Waals surface area contributed by atoms with Gasteiger partial charge in [-0.1, -0.05) is 0 Å². The first-order valence-electron chi connectivity index (χ1n) is 6.73. The summed E-state index contributed by atoms with van der Waals surface area (Å²) >= 11 is 0. The normalized spacial score (nSPS) is 10.2. The highest BCUT2D eigenvalue weighted by Crippen LogP contribution is 2.43. The average molecular weight is 304 g/mol. The number of phenolic OH excluding ortho intramolecular Hbond substituents is 1. The number of hydrogen-bond acceptors (Lipinski definition) is 5. The minimum absolute atomic E-state index is 0.0214. The van der Waals surface area contributed by atoms with Crippen molar-refractivity contribution in [3.63, 3.8) is 0 Å². The minimum Gasteiger partial charge on any atom is -0.502 e. The molecule has 0 aromatic heterocycles. The zero-order chi connectivity index (χ0) is 16.3. The fourth-order valence-corrected chi connectivity index (χ4v) is 2.34. The van der Waals surface area contributed by atoms with Gasteiger partial charge in [0.2, 0.25) is 5.75 Å². The molecule has 0 unspecified atom stereocenters. The predicted molar refractivity (Wildman–Crippen MR) is 84.5 cm³/mol. The van der Waals surface area contributed by atoms with E-state index in [1.807, 2.05) is 19.1 Å². The standard InChI is InChI=1S/C17H20O5/c1-10-6-13(19-2)14(20-3)9-12(10)11-7-15(21-4)17(18)16(8-11)22-5/h6-9,18H,1-5H3. The second kappa shape index (κ2) is 6.47. The van der Waals surface area contributed by atoms with Gasteiger partial charge < -0.3 is 24.1 Å². The van der Waals surface area contributed by atoms with Crippen molar-refractivity contribution in [3.05, 3.63) is 29.8 Å². The third-order valence-electron chi connectivity index (χ3n) is 3.52. The largest absolute Gasteiger partial charge is 0.502 e. The van der Waals surface area contributed by atoms with Gasteiger partial charge in [-0.05, 0) is 47.9 Å². The molecule has 0 spiro atoms. The van der Waals surface area contributed by atoms with Crippen molar-refractivity contribution in [3.8, 4) is 39.9 Å². The predicted octanol–water partition coefficient (Wildman–Crippen LogP) is 3.40. The molecule has 0 atom stereocenters. The van der Waals surface area contributed by atoms with Gasteiger partial charge in [-0.15, -0.1) is 0 Å². The number of benzene rings is 2. The van der Waals surface area contributed by atoms with Crippen LogP contribution >= 0.6 is 0 Å². The van der Waals surface area contributed by atoms with Gasteiger partial charge in [0.05, 0.1) is 28.4 Å². The zero-order valence-electron chi connectivity index (χ0n) is 13.4. The Morgan fingerprint density at radius 2 is 1.14 bits per heavy atom. The summed E-state index contributed by atoms with van der Waals surface area (Å²) in [5.41, 5.74) is 2.80. The van der Waals surface area contributed by atoms with E-state index in [-0.39, 0.29) is 5.75 Å². The molecular formula is C17H20O5. The molecule has 0 bridgehead atoms. The van der Waals surface area contributed by atoms with Crippen LogP contribution in [-0.2, 0) is 0 Å². The summed E-state index contributed by atoms with van der Waals surface area (Å²) in [7, 11) is 6.19. The number of aromatic hydroxyl groups is 1. The van der Waals surface area contributed by atoms with Gasteiger partial charge in [-0.2, -0.15) is 0 Å². The molecule has 0 aliphatic heterocycles. The van der Waals surface area contributed by atoms with Crippen LogP contribution in [0.2, 0.25) is 0 Å². The Bertz CT molecular complexity index is 654. The maximum atomic E-state index is 10.0. The maximum Gasteiger partial charge on any atom is 0.200 e. The fraction of sp³-hybridized carbons (Fsp3) is 0.294. The summed E-state index contributed by atoms with van der Waals surface area (Å²) in [6.45, 7) is 1.98. The van der Waals surface area contributed by atoms with Crippen molar-refractivity contribution in [1.29, 1.82) is 0 Å². The summed E-state index contributed by atoms with van der Waals surface area (Å²) in [6.07, 6.45) is 0. The van der Waals surface area contributed by atoms with Crippen LogP contribution < -0.4 is 18.9 Å². The quantitative estimate of drug-likeness (QED) is 0.917. The van der Waals surface area contributed by atoms with Crippen LogP contribution in [0.3, 0.4) is 0 Å². The van der Waals surface area contributed by atoms with E-state index in [0.717, 1.165) is 16.7 Å². The lowest BCUT2D eigenvalue weighted by atomic mass is 9.99. The smallest absolute Gasteiger partial charge is 0.200 e. The second-order valence-corrected chi connectivity index (χ2v) is 4.75. The number of hydrogen-bond donors (Lipinski definition) is 1. The number of rotatable bonds is 5. The Hall–Kier alpha value is -2.56. The van der Waals surface area contributed by atoms with Gasteiger partial charge >= 0.3 is 0 Å². The summed E-state index contributed by atoms with van der Waals surface area (Å²) in [5, 5.41) is 10.0. The molecule has 118 valence electrons. The lowest BCUT2D eigenvalue weighted by molar-refractivity contribution is 0.340. The molecule has 0 radical (unpaired) electrons. The third-order valence-corrected chi connectivity index (χ3v) is 3.52. The van der Waals surface area contributed by atoms with Crippen molar-refractivity contribution in [2.24, 2.45) is 0 Å². The van der Waals surface area contributed by atoms with Crippen molar-refractivity contribution in [2.75, 3.05) is 28.4 Å². The fourth-order valence-electron chi connectivity index (χ4n) is 2.34. The van der Waals surface area contributed by atoms with E-state index in [0.29, 0.717) is 23.0 Å². The molecule has 2 aromatic carbocycles. The first-order chi connectivity index (χ1) is 10.5. The third kappa shape index (κ3) is 2.74. The van der Waals surface area contributed by atoms with Crippen molar-refractivity contribution >= 4 is 0 Å². The second-order valence-electron chi connectivity index (χ2n) is 4.75. The average Bonchev–Trinajstić information content (AvgIpc) is 2.54. The molecule has 5 heteroatoms. The van der Waals surface area contributed by atoms with E-state index < -0.39 is 0 Å². The molecule has 0 heterocycles. The van der Waals surface area contributed by atoms with Crippen LogP contribution in [0, 0.1) is 6.92 Å². The monoisotopic (exact) mass is 304 g/mol. The Labute approximate surface area is 130 Å². The van der Waals surface area contributed by atoms with E-state index in [4.69, 9.17) is 18.9 Å². The molecule has 0 aliphatic carbocycles. The highest BCUT2D eigenvalue weighted by atomic mass is 16.5. The molecule has 0 aliphatic rings. The molecule has 22 heavy (non-hydrogen) atoms. The van der Waals surface area contributed by atoms with Gasteiger partial charge in [0, 0.05) is 0 Å². The summed E-state index contributed by atoms with van der Waals surface area (Å²) < 4.78 is 21.1. The van der Waals surface area contributed by atoms with E-state index in [1.54, 1.807) is 26.4 Å². The van der Waals surface area contributed by atoms with Crippen LogP contribution in [0.25, 0.3) is 11.1 Å². The SMILES string of the molecule is COc1cc(C)c(-c2cc(OC)c(O)c(OC)c2)cc1OC. The van der Waals surface area contributed by atoms with E-state index in [2.05, 4.69) is 0 Å². The van der Waals surface area contributed by atoms with Crippen LogP contribution in [0.15, 0.2) is 24.3 Å². The van der Waals surface area contributed by atoms with Gasteiger partial charge in [0.25, 0.3) is 0 Å². The molecule has 0 amide bonds. The summed E-state index contributed by atoms with van der Waals surface area (Å²) in [5.74, 6) is 1.98. The maximum absolute atomic E-state index is 10.0. The van der Waals surface area contributed by atoms with Gasteiger partial charge in [0.15, 0.2) is 23.0 Å². The molecule has 1 N–H and O–H groups in total. The molecule has 5 nitrogen and oxygen atoms in total. The van der Waals surface area contributed by atoms with Crippen LogP contribution in [0.1, 0.15) is 5.56 Å². The first kappa shape index (κ1) is 15.8. The molecule has 2 rings (SSSR count). The number of phenols is 1. The van der Waals surface area contributed by atoms with E-state index in [1.165, 1.54) is 14.2 Å². The summed E-state index contributed by atoms with van der Waals surface area (Å²) in [4.78, 5) is 0. The van der Waals surface area contributed by atoms with Crippen molar-refractivity contribution in [1.82, 2.24) is 0 Å². The molecule has 0 fully saturated rings. The Morgan fingerprint density at radius 3 is 1.59 bits per heavy atom. The first-order valence-corrected chi connectivity index (χ1v) is 6.73. The zero-order valence-corrected chi connectivity index (χ0v) is 13.4. The molecule has 2 aromatic rings. The Kier molecular flexibility index (Phi) is 4.65. The van der Waals surface area contributed by atoms with Crippen LogP contribution in [0.5, 0.6) is 28.7 Å². The van der Waals surface area contributed by atoms with Gasteiger partial charge in [-0.3, -0.25) is 0 Å². The summed E-state index contributed by atoms with van der Waals surface area (Å²) in [6, 6.07) is 7.30. The number of ether oxygens (including phenoxy) is 4. The highest BCUT2D eigenvalue weighted by molar-refractivity contribution is 5.75. The van der Waals surface area contributed by atoms with Gasteiger partial charge in [0.1, 0.15) is 0 Å². The lowest BCUT2D eigenvalue weighted by Crippen LogP contribution is -1.95. The van der Waals surface area contributed by atoms with Crippen molar-refractivity contribution < 1.29 is 24.1 Å². The Morgan fingerprint density at radius 1 is 0.682 bits per heavy atom. The number of aryl methyl sites for hydroxylation is 1. The minimum atomic E-state index is -0.0214. The molecular weight excluding hydrogens is 284 g/mol. The molecule has 0 saturated carbocycles. The lowest BCUT2D eigenvalue weighted by Gasteiger charge is -2.15. The Balaban J connectivity index is 2.65. The van der Waals surface area contributed by atoms with E-state index >= 15 is 0 Å². The van der Waals surface area contributed by atoms with Crippen molar-refractivity contribution in [2.45, 2.75) is 6.92 Å². The van der Waals surface area contributed by atoms with Gasteiger partial charge in [-0.25, -0.2) is 0 Å². The van der Waals surface area contributed by atoms with Crippen LogP contribution in [-0.4, -0.2) is 33.5 Å². The highest BCUT2D eigenvalue weighted by Gasteiger charge is 2.15. The van der Waals surface area contributed by atoms with E-state index in [9.17, 15) is 5.11 Å². The topological polar surface area (TPSA) is 57.2 Å².